The lowest BCUT2D eigenvalue weighted by molar-refractivity contribution is -0.153. The van der Waals surface area contributed by atoms with Gasteiger partial charge in [-0.25, -0.2) is 0 Å². The van der Waals surface area contributed by atoms with E-state index < -0.39 is 26.0 Å². The van der Waals surface area contributed by atoms with Gasteiger partial charge < -0.3 is 18.5 Å². The predicted octanol–water partition coefficient (Wildman–Crippen LogP) is 1.87. The Hall–Kier alpha value is -0.710. The zero-order valence-electron chi connectivity index (χ0n) is 11.3. The van der Waals surface area contributed by atoms with Gasteiger partial charge in [0.05, 0.1) is 26.4 Å². The van der Waals surface area contributed by atoms with Gasteiger partial charge in [0.25, 0.3) is 0 Å². The molecule has 106 valence electrons. The van der Waals surface area contributed by atoms with Crippen LogP contribution in [-0.4, -0.2) is 44.0 Å². The molecular formula is C11H21O6P. The average Bonchev–Trinajstić information content (AvgIpc) is 2.30. The summed E-state index contributed by atoms with van der Waals surface area (Å²) in [6, 6.07) is 0. The molecule has 0 aliphatic carbocycles. The van der Waals surface area contributed by atoms with E-state index in [0.29, 0.717) is 13.2 Å². The number of carbonyl (C=O) groups excluding carboxylic acids is 2. The molecule has 18 heavy (non-hydrogen) atoms. The van der Waals surface area contributed by atoms with Crippen LogP contribution in [-0.2, 0) is 28.1 Å². The van der Waals surface area contributed by atoms with Gasteiger partial charge in [0.2, 0.25) is 5.66 Å². The normalized spacial score (nSPS) is 10.8. The second kappa shape index (κ2) is 10.2. The topological polar surface area (TPSA) is 71.1 Å². The summed E-state index contributed by atoms with van der Waals surface area (Å²) in [6.45, 7) is 7.95. The smallest absolute Gasteiger partial charge is 0.329 e. The summed E-state index contributed by atoms with van der Waals surface area (Å²) in [7, 11) is -1.68. The molecule has 0 aromatic rings. The lowest BCUT2D eigenvalue weighted by Crippen LogP contribution is -2.33. The van der Waals surface area contributed by atoms with Gasteiger partial charge in [-0.05, 0) is 27.7 Å². The quantitative estimate of drug-likeness (QED) is 0.365. The van der Waals surface area contributed by atoms with Gasteiger partial charge in [0.1, 0.15) is 0 Å². The molecule has 0 aromatic carbocycles. The highest BCUT2D eigenvalue weighted by molar-refractivity contribution is 7.50. The summed E-state index contributed by atoms with van der Waals surface area (Å²) in [5, 5.41) is 0. The Bertz CT molecular complexity index is 234. The third kappa shape index (κ3) is 5.76. The van der Waals surface area contributed by atoms with Crippen LogP contribution in [0.1, 0.15) is 27.7 Å². The van der Waals surface area contributed by atoms with Crippen molar-refractivity contribution < 1.29 is 28.1 Å². The summed E-state index contributed by atoms with van der Waals surface area (Å²) in [5.41, 5.74) is -1.14. The highest BCUT2D eigenvalue weighted by Crippen LogP contribution is 2.44. The molecular weight excluding hydrogens is 259 g/mol. The molecule has 0 aliphatic rings. The van der Waals surface area contributed by atoms with Gasteiger partial charge in [0, 0.05) is 0 Å². The lowest BCUT2D eigenvalue weighted by atomic mass is 10.4. The summed E-state index contributed by atoms with van der Waals surface area (Å²) in [4.78, 5) is 23.6. The number of ether oxygens (including phenoxy) is 2. The Morgan fingerprint density at radius 2 is 1.22 bits per heavy atom. The Morgan fingerprint density at radius 3 is 1.50 bits per heavy atom. The van der Waals surface area contributed by atoms with E-state index in [1.807, 2.05) is 0 Å². The fourth-order valence-electron chi connectivity index (χ4n) is 1.15. The van der Waals surface area contributed by atoms with Crippen molar-refractivity contribution in [2.24, 2.45) is 0 Å². The first-order valence-corrected chi connectivity index (χ1v) is 7.25. The van der Waals surface area contributed by atoms with Crippen LogP contribution >= 0.6 is 8.38 Å². The number of hydrogen-bond donors (Lipinski definition) is 0. The van der Waals surface area contributed by atoms with Gasteiger partial charge in [-0.15, -0.1) is 0 Å². The Kier molecular flexibility index (Phi) is 9.83. The summed E-state index contributed by atoms with van der Waals surface area (Å²) in [6.07, 6.45) is 0. The molecule has 0 saturated heterocycles. The molecule has 0 saturated carbocycles. The first-order valence-electron chi connectivity index (χ1n) is 6.00. The molecule has 0 aliphatic heterocycles. The third-order valence-electron chi connectivity index (χ3n) is 1.74. The molecule has 0 fully saturated rings. The van der Waals surface area contributed by atoms with Gasteiger partial charge in [-0.3, -0.25) is 9.59 Å². The Labute approximate surface area is 109 Å². The molecule has 0 atom stereocenters. The zero-order valence-corrected chi connectivity index (χ0v) is 12.2. The van der Waals surface area contributed by atoms with Gasteiger partial charge in [-0.2, -0.15) is 0 Å². The van der Waals surface area contributed by atoms with Crippen molar-refractivity contribution in [2.45, 2.75) is 33.4 Å². The summed E-state index contributed by atoms with van der Waals surface area (Å²) in [5.74, 6) is -1.33. The number of carbonyl (C=O) groups is 2. The van der Waals surface area contributed by atoms with Crippen molar-refractivity contribution in [1.29, 1.82) is 0 Å². The lowest BCUT2D eigenvalue weighted by Gasteiger charge is -2.22. The maximum atomic E-state index is 11.8. The average molecular weight is 280 g/mol. The first-order chi connectivity index (χ1) is 8.62. The highest BCUT2D eigenvalue weighted by atomic mass is 31.2. The molecule has 0 aromatic heterocycles. The number of rotatable bonds is 9. The largest absolute Gasteiger partial charge is 0.465 e. The maximum absolute atomic E-state index is 11.8. The molecule has 0 rings (SSSR count). The summed E-state index contributed by atoms with van der Waals surface area (Å²) < 4.78 is 20.4. The molecule has 0 bridgehead atoms. The van der Waals surface area contributed by atoms with Crippen molar-refractivity contribution in [2.75, 3.05) is 26.4 Å². The minimum Gasteiger partial charge on any atom is -0.465 e. The monoisotopic (exact) mass is 280 g/mol. The SMILES string of the molecule is CCOC(=O)C(C(=O)OCC)P(OCC)OCC. The van der Waals surface area contributed by atoms with Gasteiger partial charge in [0.15, 0.2) is 8.38 Å². The Balaban J connectivity index is 4.88. The van der Waals surface area contributed by atoms with E-state index in [1.54, 1.807) is 27.7 Å². The van der Waals surface area contributed by atoms with E-state index in [0.717, 1.165) is 0 Å². The highest BCUT2D eigenvalue weighted by Gasteiger charge is 2.40. The molecule has 0 radical (unpaired) electrons. The predicted molar refractivity (Wildman–Crippen MR) is 67.2 cm³/mol. The summed E-state index contributed by atoms with van der Waals surface area (Å²) >= 11 is 0. The van der Waals surface area contributed by atoms with Gasteiger partial charge in [-0.1, -0.05) is 0 Å². The molecule has 0 N–H and O–H groups in total. The standard InChI is InChI=1S/C11H21O6P/c1-5-14-10(12)9(11(13)15-6-2)18(16-7-3)17-8-4/h9H,5-8H2,1-4H3. The Morgan fingerprint density at radius 1 is 0.833 bits per heavy atom. The van der Waals surface area contributed by atoms with Crippen LogP contribution in [0, 0.1) is 0 Å². The molecule has 0 heterocycles. The van der Waals surface area contributed by atoms with Crippen LogP contribution in [0.5, 0.6) is 0 Å². The maximum Gasteiger partial charge on any atom is 0.329 e. The first kappa shape index (κ1) is 17.3. The van der Waals surface area contributed by atoms with Crippen molar-refractivity contribution in [3.63, 3.8) is 0 Å². The van der Waals surface area contributed by atoms with Crippen molar-refractivity contribution in [3.8, 4) is 0 Å². The molecule has 0 amide bonds. The van der Waals surface area contributed by atoms with E-state index in [4.69, 9.17) is 18.5 Å². The van der Waals surface area contributed by atoms with Gasteiger partial charge >= 0.3 is 11.9 Å². The third-order valence-corrected chi connectivity index (χ3v) is 3.61. The van der Waals surface area contributed by atoms with Crippen LogP contribution < -0.4 is 0 Å². The van der Waals surface area contributed by atoms with E-state index >= 15 is 0 Å². The minimum atomic E-state index is -1.68. The van der Waals surface area contributed by atoms with Crippen LogP contribution in [0.4, 0.5) is 0 Å². The van der Waals surface area contributed by atoms with Crippen LogP contribution in [0.3, 0.4) is 0 Å². The molecule has 0 unspecified atom stereocenters. The zero-order chi connectivity index (χ0) is 14.0. The number of esters is 2. The second-order valence-electron chi connectivity index (χ2n) is 3.03. The molecule has 0 spiro atoms. The fourth-order valence-corrected chi connectivity index (χ4v) is 2.53. The molecule has 7 heteroatoms. The molecule has 6 nitrogen and oxygen atoms in total. The van der Waals surface area contributed by atoms with E-state index in [1.165, 1.54) is 0 Å². The van der Waals surface area contributed by atoms with Crippen LogP contribution in [0.15, 0.2) is 0 Å². The second-order valence-corrected chi connectivity index (χ2v) is 4.63. The van der Waals surface area contributed by atoms with Crippen molar-refractivity contribution in [3.05, 3.63) is 0 Å². The van der Waals surface area contributed by atoms with Crippen LogP contribution in [0.2, 0.25) is 0 Å². The van der Waals surface area contributed by atoms with E-state index in [-0.39, 0.29) is 13.2 Å². The minimum absolute atomic E-state index is 0.191. The van der Waals surface area contributed by atoms with Crippen molar-refractivity contribution in [1.82, 2.24) is 0 Å². The fraction of sp³-hybridized carbons (Fsp3) is 0.818. The van der Waals surface area contributed by atoms with Crippen molar-refractivity contribution >= 4 is 20.3 Å². The van der Waals surface area contributed by atoms with E-state index in [2.05, 4.69) is 0 Å². The number of hydrogen-bond acceptors (Lipinski definition) is 6. The van der Waals surface area contributed by atoms with E-state index in [9.17, 15) is 9.59 Å². The van der Waals surface area contributed by atoms with Crippen LogP contribution in [0.25, 0.3) is 0 Å².